The molecule has 1 unspecified atom stereocenters. The molecule has 1 aromatic carbocycles. The number of ketones is 1. The molecule has 1 aromatic rings. The van der Waals surface area contributed by atoms with Crippen molar-refractivity contribution in [3.05, 3.63) is 35.4 Å². The maximum absolute atomic E-state index is 12.5. The zero-order valence-corrected chi connectivity index (χ0v) is 13.2. The summed E-state index contributed by atoms with van der Waals surface area (Å²) in [5.74, 6) is -0.500. The van der Waals surface area contributed by atoms with Gasteiger partial charge in [-0.3, -0.25) is 9.59 Å². The minimum absolute atomic E-state index is 0.0137. The van der Waals surface area contributed by atoms with Gasteiger partial charge in [0.25, 0.3) is 0 Å². The summed E-state index contributed by atoms with van der Waals surface area (Å²) in [7, 11) is 0. The summed E-state index contributed by atoms with van der Waals surface area (Å²) in [5.41, 5.74) is 1.81. The van der Waals surface area contributed by atoms with Crippen LogP contribution in [0.3, 0.4) is 0 Å². The van der Waals surface area contributed by atoms with Crippen molar-refractivity contribution in [3.8, 4) is 0 Å². The molecule has 0 aliphatic heterocycles. The Morgan fingerprint density at radius 1 is 1.10 bits per heavy atom. The molecule has 2 N–H and O–H groups in total. The fraction of sp³-hybridized carbons (Fsp3) is 0.529. The molecule has 0 fully saturated rings. The van der Waals surface area contributed by atoms with Crippen LogP contribution in [0, 0.1) is 0 Å². The molecule has 0 heterocycles. The van der Waals surface area contributed by atoms with E-state index >= 15 is 0 Å². The van der Waals surface area contributed by atoms with Gasteiger partial charge in [-0.2, -0.15) is 0 Å². The minimum Gasteiger partial charge on any atom is -0.481 e. The molecule has 0 saturated carbocycles. The van der Waals surface area contributed by atoms with Crippen molar-refractivity contribution in [2.24, 2.45) is 0 Å². The molecular formula is C17H25NO3. The van der Waals surface area contributed by atoms with Crippen molar-refractivity contribution < 1.29 is 14.7 Å². The Labute approximate surface area is 126 Å². The van der Waals surface area contributed by atoms with E-state index in [4.69, 9.17) is 5.11 Å². The van der Waals surface area contributed by atoms with Crippen molar-refractivity contribution >= 4 is 11.8 Å². The highest BCUT2D eigenvalue weighted by Crippen LogP contribution is 2.16. The highest BCUT2D eigenvalue weighted by molar-refractivity contribution is 6.00. The lowest BCUT2D eigenvalue weighted by Crippen LogP contribution is -2.41. The normalized spacial score (nSPS) is 12.7. The van der Waals surface area contributed by atoms with Crippen LogP contribution in [0.1, 0.15) is 62.4 Å². The Morgan fingerprint density at radius 3 is 2.10 bits per heavy atom. The highest BCUT2D eigenvalue weighted by atomic mass is 16.4. The quantitative estimate of drug-likeness (QED) is 0.722. The lowest BCUT2D eigenvalue weighted by molar-refractivity contribution is -0.137. The van der Waals surface area contributed by atoms with Crippen LogP contribution in [0.15, 0.2) is 24.3 Å². The van der Waals surface area contributed by atoms with Crippen molar-refractivity contribution in [2.45, 2.75) is 58.5 Å². The maximum Gasteiger partial charge on any atom is 0.303 e. The Morgan fingerprint density at radius 2 is 1.67 bits per heavy atom. The van der Waals surface area contributed by atoms with Crippen molar-refractivity contribution in [1.29, 1.82) is 0 Å². The van der Waals surface area contributed by atoms with E-state index in [0.29, 0.717) is 17.9 Å². The number of carboxylic acid groups (broad SMARTS) is 1. The van der Waals surface area contributed by atoms with Crippen molar-refractivity contribution in [3.63, 3.8) is 0 Å². The molecule has 21 heavy (non-hydrogen) atoms. The molecule has 0 bridgehead atoms. The van der Waals surface area contributed by atoms with Crippen LogP contribution in [0.25, 0.3) is 0 Å². The standard InChI is InChI=1S/C17H25NO3/c1-11(2)13-5-7-14(8-6-13)17(21)15(18-12(3)4)9-10-16(19)20/h5-8,11-12,15,18H,9-10H2,1-4H3,(H,19,20). The van der Waals surface area contributed by atoms with E-state index in [1.165, 1.54) is 5.56 Å². The van der Waals surface area contributed by atoms with E-state index in [1.54, 1.807) is 0 Å². The van der Waals surface area contributed by atoms with Crippen LogP contribution >= 0.6 is 0 Å². The van der Waals surface area contributed by atoms with Gasteiger partial charge in [0.15, 0.2) is 5.78 Å². The zero-order valence-electron chi connectivity index (χ0n) is 13.2. The van der Waals surface area contributed by atoms with Gasteiger partial charge < -0.3 is 10.4 Å². The van der Waals surface area contributed by atoms with Gasteiger partial charge in [0.2, 0.25) is 0 Å². The summed E-state index contributed by atoms with van der Waals surface area (Å²) in [5, 5.41) is 12.0. The largest absolute Gasteiger partial charge is 0.481 e. The number of hydrogen-bond acceptors (Lipinski definition) is 3. The van der Waals surface area contributed by atoms with Crippen LogP contribution in [-0.2, 0) is 4.79 Å². The molecule has 0 amide bonds. The summed E-state index contributed by atoms with van der Waals surface area (Å²) in [6.07, 6.45) is 0.290. The van der Waals surface area contributed by atoms with Crippen molar-refractivity contribution in [2.75, 3.05) is 0 Å². The molecular weight excluding hydrogens is 266 g/mol. The lowest BCUT2D eigenvalue weighted by Gasteiger charge is -2.20. The van der Waals surface area contributed by atoms with E-state index in [0.717, 1.165) is 0 Å². The Kier molecular flexibility index (Phi) is 6.56. The zero-order chi connectivity index (χ0) is 16.0. The minimum atomic E-state index is -0.881. The first-order valence-corrected chi connectivity index (χ1v) is 7.43. The number of Topliss-reactive ketones (excluding diaryl/α,β-unsaturated/α-hetero) is 1. The van der Waals surface area contributed by atoms with Crippen LogP contribution < -0.4 is 5.32 Å². The second-order valence-corrected chi connectivity index (χ2v) is 5.95. The van der Waals surface area contributed by atoms with Crippen LogP contribution in [0.4, 0.5) is 0 Å². The molecule has 4 heteroatoms. The van der Waals surface area contributed by atoms with E-state index in [1.807, 2.05) is 38.1 Å². The van der Waals surface area contributed by atoms with Gasteiger partial charge in [-0.1, -0.05) is 52.0 Å². The Balaban J connectivity index is 2.85. The summed E-state index contributed by atoms with van der Waals surface area (Å²) in [6.45, 7) is 8.10. The summed E-state index contributed by atoms with van der Waals surface area (Å²) in [4.78, 5) is 23.2. The molecule has 0 aliphatic rings. The third kappa shape index (κ3) is 5.68. The summed E-state index contributed by atoms with van der Waals surface area (Å²) < 4.78 is 0. The molecule has 4 nitrogen and oxygen atoms in total. The molecule has 0 aromatic heterocycles. The van der Waals surface area contributed by atoms with Gasteiger partial charge in [-0.15, -0.1) is 0 Å². The second-order valence-electron chi connectivity index (χ2n) is 5.95. The first kappa shape index (κ1) is 17.4. The fourth-order valence-corrected chi connectivity index (χ4v) is 2.19. The van der Waals surface area contributed by atoms with Crippen LogP contribution in [-0.4, -0.2) is 28.9 Å². The number of hydrogen-bond donors (Lipinski definition) is 2. The number of carbonyl (C=O) groups excluding carboxylic acids is 1. The molecule has 0 radical (unpaired) electrons. The fourth-order valence-electron chi connectivity index (χ4n) is 2.19. The predicted molar refractivity (Wildman–Crippen MR) is 83.8 cm³/mol. The van der Waals surface area contributed by atoms with E-state index in [-0.39, 0.29) is 18.2 Å². The molecule has 116 valence electrons. The number of benzene rings is 1. The van der Waals surface area contributed by atoms with Gasteiger partial charge in [-0.25, -0.2) is 0 Å². The second kappa shape index (κ2) is 7.93. The van der Waals surface area contributed by atoms with Crippen LogP contribution in [0.2, 0.25) is 0 Å². The van der Waals surface area contributed by atoms with Gasteiger partial charge >= 0.3 is 5.97 Å². The number of carbonyl (C=O) groups is 2. The third-order valence-electron chi connectivity index (χ3n) is 3.36. The van der Waals surface area contributed by atoms with Gasteiger partial charge in [-0.05, 0) is 17.9 Å². The highest BCUT2D eigenvalue weighted by Gasteiger charge is 2.21. The predicted octanol–water partition coefficient (Wildman–Crippen LogP) is 3.22. The topological polar surface area (TPSA) is 66.4 Å². The Hall–Kier alpha value is -1.68. The van der Waals surface area contributed by atoms with Gasteiger partial charge in [0, 0.05) is 18.0 Å². The number of rotatable bonds is 8. The van der Waals surface area contributed by atoms with Crippen molar-refractivity contribution in [1.82, 2.24) is 5.32 Å². The SMILES string of the molecule is CC(C)NC(CCC(=O)O)C(=O)c1ccc(C(C)C)cc1. The first-order chi connectivity index (χ1) is 9.81. The Bertz CT molecular complexity index is 477. The average Bonchev–Trinajstić information content (AvgIpc) is 2.42. The smallest absolute Gasteiger partial charge is 0.303 e. The molecule has 0 spiro atoms. The monoisotopic (exact) mass is 291 g/mol. The first-order valence-electron chi connectivity index (χ1n) is 7.43. The molecule has 1 rings (SSSR count). The molecule has 0 saturated heterocycles. The summed E-state index contributed by atoms with van der Waals surface area (Å²) in [6, 6.07) is 7.25. The maximum atomic E-state index is 12.5. The van der Waals surface area contributed by atoms with Crippen LogP contribution in [0.5, 0.6) is 0 Å². The summed E-state index contributed by atoms with van der Waals surface area (Å²) >= 11 is 0. The molecule has 1 atom stereocenters. The van der Waals surface area contributed by atoms with E-state index in [2.05, 4.69) is 19.2 Å². The number of nitrogens with one attached hydrogen (secondary N) is 1. The van der Waals surface area contributed by atoms with Gasteiger partial charge in [0.05, 0.1) is 6.04 Å². The van der Waals surface area contributed by atoms with E-state index < -0.39 is 12.0 Å². The third-order valence-corrected chi connectivity index (χ3v) is 3.36. The number of aliphatic carboxylic acids is 1. The van der Waals surface area contributed by atoms with E-state index in [9.17, 15) is 9.59 Å². The average molecular weight is 291 g/mol. The van der Waals surface area contributed by atoms with Gasteiger partial charge in [0.1, 0.15) is 0 Å². The lowest BCUT2D eigenvalue weighted by atomic mass is 9.96. The number of carboxylic acids is 1. The molecule has 0 aliphatic carbocycles.